The lowest BCUT2D eigenvalue weighted by molar-refractivity contribution is -0.349. The Kier molecular flexibility index (Phi) is 16.8. The van der Waals surface area contributed by atoms with Crippen molar-refractivity contribution in [2.24, 2.45) is 5.92 Å². The van der Waals surface area contributed by atoms with Crippen LogP contribution in [0.2, 0.25) is 0 Å². The van der Waals surface area contributed by atoms with E-state index in [1.165, 1.54) is 18.2 Å². The zero-order valence-corrected chi connectivity index (χ0v) is 33.5. The van der Waals surface area contributed by atoms with Gasteiger partial charge in [0.25, 0.3) is 0 Å². The van der Waals surface area contributed by atoms with Crippen LogP contribution in [0.5, 0.6) is 5.75 Å². The van der Waals surface area contributed by atoms with Crippen LogP contribution in [0.15, 0.2) is 60.7 Å². The predicted molar refractivity (Wildman–Crippen MR) is 200 cm³/mol. The first kappa shape index (κ1) is 46.5. The number of carboxylic acid groups (broad SMARTS) is 1. The van der Waals surface area contributed by atoms with Crippen LogP contribution >= 0.6 is 0 Å². The molecule has 0 radical (unpaired) electrons. The quantitative estimate of drug-likeness (QED) is 0.104. The summed E-state index contributed by atoms with van der Waals surface area (Å²) in [6, 6.07) is 14.9. The van der Waals surface area contributed by atoms with Gasteiger partial charge in [0.2, 0.25) is 6.29 Å². The van der Waals surface area contributed by atoms with Crippen LogP contribution in [0.25, 0.3) is 6.08 Å². The molecule has 1 N–H and O–H groups in total. The summed E-state index contributed by atoms with van der Waals surface area (Å²) in [5.41, 5.74) is 1.11. The average Bonchev–Trinajstić information content (AvgIpc) is 3.16. The summed E-state index contributed by atoms with van der Waals surface area (Å²) in [6.07, 6.45) is -12.1. The third kappa shape index (κ3) is 13.7. The summed E-state index contributed by atoms with van der Waals surface area (Å²) in [5.74, 6) is -8.02. The molecular formula is C41H46O19. The summed E-state index contributed by atoms with van der Waals surface area (Å²) in [4.78, 5) is 98.7. The van der Waals surface area contributed by atoms with Gasteiger partial charge in [0.1, 0.15) is 31.2 Å². The average molecular weight is 843 g/mol. The summed E-state index contributed by atoms with van der Waals surface area (Å²) in [5, 5.41) is 10.2. The fourth-order valence-corrected chi connectivity index (χ4v) is 6.49. The Bertz CT molecular complexity index is 1890. The second-order valence-electron chi connectivity index (χ2n) is 13.6. The number of rotatable bonds is 17. The predicted octanol–water partition coefficient (Wildman–Crippen LogP) is 2.74. The van der Waals surface area contributed by atoms with Crippen molar-refractivity contribution in [1.82, 2.24) is 0 Å². The van der Waals surface area contributed by atoms with Crippen LogP contribution < -0.4 is 4.74 Å². The van der Waals surface area contributed by atoms with Crippen LogP contribution in [0.3, 0.4) is 0 Å². The molecule has 10 unspecified atom stereocenters. The molecule has 2 aromatic rings. The molecule has 0 amide bonds. The summed E-state index contributed by atoms with van der Waals surface area (Å²) in [7, 11) is 0. The molecule has 2 fully saturated rings. The number of hydrogen-bond acceptors (Lipinski definition) is 18. The van der Waals surface area contributed by atoms with Gasteiger partial charge in [-0.2, -0.15) is 0 Å². The molecule has 2 saturated heterocycles. The van der Waals surface area contributed by atoms with E-state index in [-0.39, 0.29) is 11.5 Å². The van der Waals surface area contributed by atoms with Crippen LogP contribution in [0.4, 0.5) is 0 Å². The molecule has 324 valence electrons. The zero-order chi connectivity index (χ0) is 44.1. The Hall–Kier alpha value is -6.18. The molecule has 10 atom stereocenters. The molecule has 19 heteroatoms. The topological polar surface area (TPSA) is 249 Å². The summed E-state index contributed by atoms with van der Waals surface area (Å²) < 4.78 is 57.3. The van der Waals surface area contributed by atoms with E-state index in [0.717, 1.165) is 41.5 Å². The van der Waals surface area contributed by atoms with E-state index in [1.807, 2.05) is 0 Å². The number of ether oxygens (including phenoxy) is 10. The van der Waals surface area contributed by atoms with Gasteiger partial charge in [0.05, 0.1) is 12.5 Å². The Balaban J connectivity index is 1.74. The first-order valence-corrected chi connectivity index (χ1v) is 18.6. The van der Waals surface area contributed by atoms with Gasteiger partial charge in [-0.25, -0.2) is 0 Å². The monoisotopic (exact) mass is 842 g/mol. The van der Waals surface area contributed by atoms with E-state index < -0.39 is 123 Å². The third-order valence-electron chi connectivity index (χ3n) is 8.81. The number of benzene rings is 2. The van der Waals surface area contributed by atoms with Crippen molar-refractivity contribution in [3.8, 4) is 5.75 Å². The van der Waals surface area contributed by atoms with E-state index in [9.17, 15) is 43.5 Å². The Morgan fingerprint density at radius 1 is 0.583 bits per heavy atom. The van der Waals surface area contributed by atoms with Gasteiger partial charge in [0.15, 0.2) is 36.5 Å². The molecule has 0 aliphatic carbocycles. The molecule has 2 heterocycles. The number of hydrogen-bond donors (Lipinski definition) is 1. The van der Waals surface area contributed by atoms with Gasteiger partial charge in [0, 0.05) is 53.0 Å². The van der Waals surface area contributed by atoms with Gasteiger partial charge in [-0.1, -0.05) is 48.5 Å². The highest BCUT2D eigenvalue weighted by Crippen LogP contribution is 2.38. The molecule has 0 bridgehead atoms. The Morgan fingerprint density at radius 3 is 1.62 bits per heavy atom. The minimum Gasteiger partial charge on any atom is -0.481 e. The van der Waals surface area contributed by atoms with Crippen LogP contribution in [-0.4, -0.2) is 121 Å². The van der Waals surface area contributed by atoms with E-state index in [0.29, 0.717) is 11.1 Å². The van der Waals surface area contributed by atoms with Crippen LogP contribution in [0.1, 0.15) is 63.9 Å². The largest absolute Gasteiger partial charge is 0.481 e. The maximum absolute atomic E-state index is 12.6. The minimum atomic E-state index is -1.83. The van der Waals surface area contributed by atoms with Crippen molar-refractivity contribution in [3.05, 3.63) is 71.8 Å². The normalized spacial score (nSPS) is 26.2. The highest BCUT2D eigenvalue weighted by Gasteiger charge is 2.57. The standard InChI is InChI=1S/C41H46O19/c1-21(42)51-19-32-35(60-41-39(56-26(6)47)38(55-25(5)46)37(54-24(4)45)33(59-41)20-52-22(2)43)30(18-34(49)50)36(53-23(3)44)40(58-32)57-29-15-12-27(13-16-29)14-17-31(48)28-10-8-7-9-11-28/h7-17,30,32-33,35-41H,18-20H2,1-6H3,(H,49,50). The van der Waals surface area contributed by atoms with Crippen molar-refractivity contribution in [2.75, 3.05) is 13.2 Å². The van der Waals surface area contributed by atoms with Crippen molar-refractivity contribution in [2.45, 2.75) is 103 Å². The van der Waals surface area contributed by atoms with Gasteiger partial charge >= 0.3 is 41.8 Å². The number of aliphatic carboxylic acids is 1. The zero-order valence-electron chi connectivity index (χ0n) is 33.5. The van der Waals surface area contributed by atoms with Crippen molar-refractivity contribution < 1.29 is 90.8 Å². The van der Waals surface area contributed by atoms with Crippen molar-refractivity contribution in [1.29, 1.82) is 0 Å². The van der Waals surface area contributed by atoms with Gasteiger partial charge in [-0.3, -0.25) is 38.4 Å². The molecule has 0 saturated carbocycles. The second-order valence-corrected chi connectivity index (χ2v) is 13.6. The second kappa shape index (κ2) is 21.7. The Labute approximate surface area is 344 Å². The van der Waals surface area contributed by atoms with E-state index in [2.05, 4.69) is 0 Å². The molecule has 19 nitrogen and oxygen atoms in total. The molecule has 2 aliphatic rings. The summed E-state index contributed by atoms with van der Waals surface area (Å²) >= 11 is 0. The van der Waals surface area contributed by atoms with Gasteiger partial charge in [-0.05, 0) is 23.8 Å². The minimum absolute atomic E-state index is 0.156. The van der Waals surface area contributed by atoms with E-state index in [1.54, 1.807) is 48.5 Å². The highest BCUT2D eigenvalue weighted by atomic mass is 16.8. The molecule has 4 rings (SSSR count). The van der Waals surface area contributed by atoms with E-state index >= 15 is 0 Å². The molecule has 2 aromatic carbocycles. The Morgan fingerprint density at radius 2 is 1.08 bits per heavy atom. The molecular weight excluding hydrogens is 796 g/mol. The number of allylic oxidation sites excluding steroid dienone is 1. The number of carbonyl (C=O) groups is 8. The summed E-state index contributed by atoms with van der Waals surface area (Å²) in [6.45, 7) is 5.15. The first-order chi connectivity index (χ1) is 28.4. The molecule has 0 spiro atoms. The number of esters is 6. The van der Waals surface area contributed by atoms with Crippen molar-refractivity contribution in [3.63, 3.8) is 0 Å². The van der Waals surface area contributed by atoms with Gasteiger partial charge in [-0.15, -0.1) is 0 Å². The highest BCUT2D eigenvalue weighted by molar-refractivity contribution is 6.06. The number of carbonyl (C=O) groups excluding carboxylic acids is 7. The van der Waals surface area contributed by atoms with Crippen molar-refractivity contribution >= 4 is 53.6 Å². The number of carboxylic acids is 1. The number of ketones is 1. The smallest absolute Gasteiger partial charge is 0.303 e. The fourth-order valence-electron chi connectivity index (χ4n) is 6.49. The van der Waals surface area contributed by atoms with E-state index in [4.69, 9.17) is 47.4 Å². The third-order valence-corrected chi connectivity index (χ3v) is 8.81. The lowest BCUT2D eigenvalue weighted by atomic mass is 9.85. The maximum Gasteiger partial charge on any atom is 0.303 e. The maximum atomic E-state index is 12.6. The van der Waals surface area contributed by atoms with Gasteiger partial charge < -0.3 is 52.5 Å². The van der Waals surface area contributed by atoms with Crippen LogP contribution in [0, 0.1) is 5.92 Å². The fraction of sp³-hybridized carbons (Fsp3) is 0.463. The first-order valence-electron chi connectivity index (χ1n) is 18.6. The lowest BCUT2D eigenvalue weighted by Crippen LogP contribution is -2.66. The molecule has 0 aromatic heterocycles. The van der Waals surface area contributed by atoms with Crippen LogP contribution in [-0.2, 0) is 76.2 Å². The molecule has 60 heavy (non-hydrogen) atoms. The SMILES string of the molecule is CC(=O)OCC1OC(Oc2ccc(C=CC(=O)c3ccccc3)cc2)C(OC(C)=O)C(CC(=O)O)C1OC1OC(COC(C)=O)C(OC(C)=O)C(OC(C)=O)C1OC(C)=O. The lowest BCUT2D eigenvalue weighted by Gasteiger charge is -2.49. The molecule has 2 aliphatic heterocycles.